The first kappa shape index (κ1) is 22.1. The number of likely N-dealkylation sites (N-methyl/N-ethyl adjacent to an activating group) is 1. The van der Waals surface area contributed by atoms with E-state index in [9.17, 15) is 5.11 Å². The Hall–Kier alpha value is -2.16. The fourth-order valence-electron chi connectivity index (χ4n) is 2.95. The molecule has 8 heteroatoms. The molecule has 1 heterocycles. The van der Waals surface area contributed by atoms with E-state index in [2.05, 4.69) is 33.8 Å². The number of benzene rings is 1. The second-order valence-electron chi connectivity index (χ2n) is 6.82. The van der Waals surface area contributed by atoms with Crippen molar-refractivity contribution in [2.24, 2.45) is 0 Å². The van der Waals surface area contributed by atoms with Crippen molar-refractivity contribution in [2.45, 2.75) is 40.0 Å². The number of aryl methyl sites for hydroxylation is 1. The van der Waals surface area contributed by atoms with Crippen LogP contribution in [0.25, 0.3) is 0 Å². The second kappa shape index (κ2) is 11.0. The Bertz CT molecular complexity index is 718. The average molecular weight is 393 g/mol. The van der Waals surface area contributed by atoms with E-state index >= 15 is 0 Å². The second-order valence-corrected chi connectivity index (χ2v) is 6.82. The van der Waals surface area contributed by atoms with Gasteiger partial charge < -0.3 is 23.9 Å². The molecule has 0 unspecified atom stereocenters. The molecule has 0 aliphatic carbocycles. The Morgan fingerprint density at radius 3 is 2.50 bits per heavy atom. The number of aliphatic hydroxyl groups excluding tert-OH is 1. The summed E-state index contributed by atoms with van der Waals surface area (Å²) in [5.74, 6) is 2.42. The fraction of sp³-hybridized carbons (Fsp3) is 0.600. The Labute approximate surface area is 167 Å². The molecule has 2 aromatic rings. The van der Waals surface area contributed by atoms with E-state index in [0.717, 1.165) is 18.7 Å². The van der Waals surface area contributed by atoms with E-state index < -0.39 is 6.10 Å². The summed E-state index contributed by atoms with van der Waals surface area (Å²) < 4.78 is 16.7. The van der Waals surface area contributed by atoms with Crippen molar-refractivity contribution >= 4 is 0 Å². The minimum absolute atomic E-state index is 0.216. The maximum absolute atomic E-state index is 10.2. The lowest BCUT2D eigenvalue weighted by Crippen LogP contribution is -2.35. The van der Waals surface area contributed by atoms with E-state index in [1.54, 1.807) is 14.0 Å². The summed E-state index contributed by atoms with van der Waals surface area (Å²) in [6.45, 7) is 9.78. The van der Waals surface area contributed by atoms with Gasteiger partial charge in [-0.1, -0.05) is 19.9 Å². The number of hydrogen-bond acceptors (Lipinski definition) is 8. The zero-order valence-electron chi connectivity index (χ0n) is 17.5. The van der Waals surface area contributed by atoms with E-state index in [4.69, 9.17) is 13.9 Å². The molecule has 156 valence electrons. The van der Waals surface area contributed by atoms with E-state index in [-0.39, 0.29) is 6.61 Å². The lowest BCUT2D eigenvalue weighted by Gasteiger charge is -2.22. The molecule has 0 amide bonds. The van der Waals surface area contributed by atoms with E-state index in [1.165, 1.54) is 0 Å². The molecule has 1 aromatic carbocycles. The van der Waals surface area contributed by atoms with Gasteiger partial charge in [0, 0.05) is 20.0 Å². The molecule has 28 heavy (non-hydrogen) atoms. The third kappa shape index (κ3) is 6.78. The highest BCUT2D eigenvalue weighted by Crippen LogP contribution is 2.28. The molecule has 0 spiro atoms. The van der Waals surface area contributed by atoms with Crippen molar-refractivity contribution in [3.05, 3.63) is 35.5 Å². The van der Waals surface area contributed by atoms with Gasteiger partial charge in [0.05, 0.1) is 13.7 Å². The first-order chi connectivity index (χ1) is 13.4. The van der Waals surface area contributed by atoms with Gasteiger partial charge in [-0.25, -0.2) is 0 Å². The number of methoxy groups -OCH3 is 1. The molecule has 0 saturated carbocycles. The summed E-state index contributed by atoms with van der Waals surface area (Å²) in [6, 6.07) is 5.82. The molecule has 0 fully saturated rings. The van der Waals surface area contributed by atoms with Gasteiger partial charge >= 0.3 is 0 Å². The molecule has 0 radical (unpaired) electrons. The monoisotopic (exact) mass is 392 g/mol. The number of ether oxygens (including phenoxy) is 2. The smallest absolute Gasteiger partial charge is 0.230 e. The van der Waals surface area contributed by atoms with E-state index in [0.29, 0.717) is 42.9 Å². The minimum Gasteiger partial charge on any atom is -0.493 e. The zero-order valence-corrected chi connectivity index (χ0v) is 17.5. The SMILES string of the molecule is CCN(CC)C[C@H](O)COc1cc(CN(C)Cc2nnc(C)o2)ccc1OC. The van der Waals surface area contributed by atoms with Gasteiger partial charge in [-0.05, 0) is 37.8 Å². The van der Waals surface area contributed by atoms with Crippen LogP contribution in [-0.4, -0.2) is 71.6 Å². The van der Waals surface area contributed by atoms with Gasteiger partial charge in [0.25, 0.3) is 0 Å². The molecule has 0 aliphatic heterocycles. The van der Waals surface area contributed by atoms with Crippen LogP contribution >= 0.6 is 0 Å². The quantitative estimate of drug-likeness (QED) is 0.588. The minimum atomic E-state index is -0.559. The first-order valence-electron chi connectivity index (χ1n) is 9.62. The van der Waals surface area contributed by atoms with Gasteiger partial charge in [0.2, 0.25) is 11.8 Å². The third-order valence-electron chi connectivity index (χ3n) is 4.45. The van der Waals surface area contributed by atoms with Crippen LogP contribution in [0.4, 0.5) is 0 Å². The largest absolute Gasteiger partial charge is 0.493 e. The standard InChI is InChI=1S/C20H32N4O4/c1-6-24(7-2)12-17(25)14-27-19-10-16(8-9-18(19)26-5)11-23(4)13-20-22-21-15(3)28-20/h8-10,17,25H,6-7,11-14H2,1-5H3/t17-/m0/s1. The van der Waals surface area contributed by atoms with Crippen molar-refractivity contribution in [1.82, 2.24) is 20.0 Å². The summed E-state index contributed by atoms with van der Waals surface area (Å²) >= 11 is 0. The maximum Gasteiger partial charge on any atom is 0.230 e. The molecule has 1 atom stereocenters. The van der Waals surface area contributed by atoms with Crippen molar-refractivity contribution in [3.63, 3.8) is 0 Å². The van der Waals surface area contributed by atoms with Crippen LogP contribution < -0.4 is 9.47 Å². The summed E-state index contributed by atoms with van der Waals surface area (Å²) in [5.41, 5.74) is 1.06. The maximum atomic E-state index is 10.2. The van der Waals surface area contributed by atoms with Gasteiger partial charge in [-0.2, -0.15) is 0 Å². The first-order valence-corrected chi connectivity index (χ1v) is 9.62. The zero-order chi connectivity index (χ0) is 20.5. The van der Waals surface area contributed by atoms with Crippen molar-refractivity contribution in [1.29, 1.82) is 0 Å². The Balaban J connectivity index is 1.96. The molecule has 2 rings (SSSR count). The number of nitrogens with zero attached hydrogens (tertiary/aromatic N) is 4. The van der Waals surface area contributed by atoms with Gasteiger partial charge in [-0.15, -0.1) is 10.2 Å². The Kier molecular flexibility index (Phi) is 8.69. The Morgan fingerprint density at radius 1 is 1.14 bits per heavy atom. The highest BCUT2D eigenvalue weighted by atomic mass is 16.5. The highest BCUT2D eigenvalue weighted by Gasteiger charge is 2.13. The van der Waals surface area contributed by atoms with Gasteiger partial charge in [-0.3, -0.25) is 4.90 Å². The third-order valence-corrected chi connectivity index (χ3v) is 4.45. The highest BCUT2D eigenvalue weighted by molar-refractivity contribution is 5.43. The molecule has 0 aliphatic rings. The topological polar surface area (TPSA) is 84.1 Å². The molecule has 1 aromatic heterocycles. The predicted octanol–water partition coefficient (Wildman–Crippen LogP) is 2.10. The molecule has 0 bridgehead atoms. The summed E-state index contributed by atoms with van der Waals surface area (Å²) in [5, 5.41) is 18.1. The molecular formula is C20H32N4O4. The van der Waals surface area contributed by atoms with E-state index in [1.807, 2.05) is 25.2 Å². The lowest BCUT2D eigenvalue weighted by atomic mass is 10.2. The number of hydrogen-bond donors (Lipinski definition) is 1. The number of rotatable bonds is 12. The number of aliphatic hydroxyl groups is 1. The predicted molar refractivity (Wildman–Crippen MR) is 106 cm³/mol. The van der Waals surface area contributed by atoms with Gasteiger partial charge in [0.1, 0.15) is 12.7 Å². The summed E-state index contributed by atoms with van der Waals surface area (Å²) in [6.07, 6.45) is -0.559. The van der Waals surface area contributed by atoms with Crippen LogP contribution in [0.3, 0.4) is 0 Å². The molecular weight excluding hydrogens is 360 g/mol. The lowest BCUT2D eigenvalue weighted by molar-refractivity contribution is 0.0705. The molecule has 1 N–H and O–H groups in total. The van der Waals surface area contributed by atoms with Crippen molar-refractivity contribution in [3.8, 4) is 11.5 Å². The number of aromatic nitrogens is 2. The Morgan fingerprint density at radius 2 is 1.89 bits per heavy atom. The van der Waals surface area contributed by atoms with Crippen LogP contribution in [0.1, 0.15) is 31.2 Å². The average Bonchev–Trinajstić information content (AvgIpc) is 3.08. The van der Waals surface area contributed by atoms with Gasteiger partial charge in [0.15, 0.2) is 11.5 Å². The van der Waals surface area contributed by atoms with Crippen LogP contribution in [0.15, 0.2) is 22.6 Å². The molecule has 0 saturated heterocycles. The van der Waals surface area contributed by atoms with Crippen LogP contribution in [0.5, 0.6) is 11.5 Å². The van der Waals surface area contributed by atoms with Crippen molar-refractivity contribution < 1.29 is 19.0 Å². The normalized spacial score (nSPS) is 12.6. The van der Waals surface area contributed by atoms with Crippen LogP contribution in [0.2, 0.25) is 0 Å². The molecule has 8 nitrogen and oxygen atoms in total. The van der Waals surface area contributed by atoms with Crippen LogP contribution in [-0.2, 0) is 13.1 Å². The summed E-state index contributed by atoms with van der Waals surface area (Å²) in [4.78, 5) is 4.24. The van der Waals surface area contributed by atoms with Crippen molar-refractivity contribution in [2.75, 3.05) is 40.4 Å². The summed E-state index contributed by atoms with van der Waals surface area (Å²) in [7, 11) is 3.59. The fourth-order valence-corrected chi connectivity index (χ4v) is 2.95. The van der Waals surface area contributed by atoms with Crippen LogP contribution in [0, 0.1) is 6.92 Å².